The fraction of sp³-hybridized carbons (Fsp3) is 0.385. The number of likely N-dealkylation sites (N-methyl/N-ethyl adjacent to an activating group) is 1. The molecule has 0 aromatic heterocycles. The Balaban J connectivity index is 2.53. The van der Waals surface area contributed by atoms with Crippen LogP contribution in [-0.4, -0.2) is 38.1 Å². The molecule has 6 heteroatoms. The highest BCUT2D eigenvalue weighted by atomic mass is 79.9. The number of nitrogens with zero attached hydrogens (tertiary/aromatic N) is 2. The lowest BCUT2D eigenvalue weighted by Crippen LogP contribution is -2.32. The van der Waals surface area contributed by atoms with E-state index < -0.39 is 0 Å². The SMILES string of the molecule is COc1ccc(OCC(=O)N(C)CCC#N)c(Br)c1. The van der Waals surface area contributed by atoms with Gasteiger partial charge in [-0.2, -0.15) is 5.26 Å². The van der Waals surface area contributed by atoms with Gasteiger partial charge in [-0.15, -0.1) is 0 Å². The zero-order chi connectivity index (χ0) is 14.3. The van der Waals surface area contributed by atoms with Gasteiger partial charge in [0.25, 0.3) is 5.91 Å². The number of carbonyl (C=O) groups excluding carboxylic acids is 1. The molecule has 19 heavy (non-hydrogen) atoms. The predicted octanol–water partition coefficient (Wildman–Crippen LogP) is 2.21. The standard InChI is InChI=1S/C13H15BrN2O3/c1-16(7-3-6-15)13(17)9-19-12-5-4-10(18-2)8-11(12)14/h4-5,8H,3,7,9H2,1-2H3. The molecule has 5 nitrogen and oxygen atoms in total. The summed E-state index contributed by atoms with van der Waals surface area (Å²) in [6, 6.07) is 7.24. The molecule has 102 valence electrons. The van der Waals surface area contributed by atoms with E-state index in [2.05, 4.69) is 15.9 Å². The van der Waals surface area contributed by atoms with E-state index in [0.29, 0.717) is 24.5 Å². The van der Waals surface area contributed by atoms with Crippen LogP contribution in [0, 0.1) is 11.3 Å². The van der Waals surface area contributed by atoms with Crippen molar-refractivity contribution in [1.82, 2.24) is 4.90 Å². The molecule has 0 N–H and O–H groups in total. The third kappa shape index (κ3) is 4.79. The minimum atomic E-state index is -0.169. The molecule has 1 amide bonds. The molecule has 1 rings (SSSR count). The van der Waals surface area contributed by atoms with E-state index in [9.17, 15) is 4.79 Å². The van der Waals surface area contributed by atoms with Crippen LogP contribution < -0.4 is 9.47 Å². The van der Waals surface area contributed by atoms with Crippen LogP contribution in [0.25, 0.3) is 0 Å². The Kier molecular flexibility index (Phi) is 6.16. The molecule has 0 bridgehead atoms. The van der Waals surface area contributed by atoms with Crippen LogP contribution >= 0.6 is 15.9 Å². The molecule has 0 fully saturated rings. The molecule has 0 saturated heterocycles. The van der Waals surface area contributed by atoms with Crippen LogP contribution in [0.4, 0.5) is 0 Å². The minimum Gasteiger partial charge on any atom is -0.497 e. The maximum Gasteiger partial charge on any atom is 0.260 e. The lowest BCUT2D eigenvalue weighted by Gasteiger charge is -2.16. The smallest absolute Gasteiger partial charge is 0.260 e. The van der Waals surface area contributed by atoms with Crippen molar-refractivity contribution in [2.24, 2.45) is 0 Å². The van der Waals surface area contributed by atoms with E-state index >= 15 is 0 Å². The maximum absolute atomic E-state index is 11.7. The number of benzene rings is 1. The Hall–Kier alpha value is -1.74. The Morgan fingerprint density at radius 1 is 1.53 bits per heavy atom. The third-order valence-corrected chi connectivity index (χ3v) is 3.09. The molecule has 0 aliphatic carbocycles. The van der Waals surface area contributed by atoms with E-state index in [1.54, 1.807) is 32.4 Å². The predicted molar refractivity (Wildman–Crippen MR) is 74.1 cm³/mol. The number of rotatable bonds is 6. The number of methoxy groups -OCH3 is 1. The average molecular weight is 327 g/mol. The number of ether oxygens (including phenoxy) is 2. The number of hydrogen-bond acceptors (Lipinski definition) is 4. The quantitative estimate of drug-likeness (QED) is 0.804. The van der Waals surface area contributed by atoms with Crippen LogP contribution in [0.3, 0.4) is 0 Å². The van der Waals surface area contributed by atoms with E-state index in [0.717, 1.165) is 4.47 Å². The number of carbonyl (C=O) groups is 1. The van der Waals surface area contributed by atoms with Crippen molar-refractivity contribution >= 4 is 21.8 Å². The Bertz CT molecular complexity index is 485. The molecule has 0 atom stereocenters. The molecule has 0 unspecified atom stereocenters. The molecule has 1 aromatic rings. The first-order valence-corrected chi connectivity index (χ1v) is 6.45. The van der Waals surface area contributed by atoms with Crippen LogP contribution in [0.15, 0.2) is 22.7 Å². The second kappa shape index (κ2) is 7.64. The first kappa shape index (κ1) is 15.3. The van der Waals surface area contributed by atoms with Crippen molar-refractivity contribution in [2.75, 3.05) is 27.3 Å². The molecule has 0 aliphatic heterocycles. The summed E-state index contributed by atoms with van der Waals surface area (Å²) in [6.07, 6.45) is 0.314. The van der Waals surface area contributed by atoms with Crippen molar-refractivity contribution in [3.8, 4) is 17.6 Å². The van der Waals surface area contributed by atoms with E-state index in [4.69, 9.17) is 14.7 Å². The van der Waals surface area contributed by atoms with Gasteiger partial charge in [-0.25, -0.2) is 0 Å². The van der Waals surface area contributed by atoms with Crippen molar-refractivity contribution in [2.45, 2.75) is 6.42 Å². The summed E-state index contributed by atoms with van der Waals surface area (Å²) in [7, 11) is 3.22. The maximum atomic E-state index is 11.7. The molecule has 0 aliphatic rings. The topological polar surface area (TPSA) is 62.6 Å². The second-order valence-corrected chi connectivity index (χ2v) is 4.66. The fourth-order valence-corrected chi connectivity index (χ4v) is 1.79. The van der Waals surface area contributed by atoms with Gasteiger partial charge in [0, 0.05) is 13.6 Å². The number of halogens is 1. The first-order valence-electron chi connectivity index (χ1n) is 5.65. The van der Waals surface area contributed by atoms with Crippen molar-refractivity contribution in [3.63, 3.8) is 0 Å². The summed E-state index contributed by atoms with van der Waals surface area (Å²) < 4.78 is 11.2. The molecule has 0 spiro atoms. The first-order chi connectivity index (χ1) is 9.08. The zero-order valence-electron chi connectivity index (χ0n) is 10.9. The molecule has 0 heterocycles. The van der Waals surface area contributed by atoms with Gasteiger partial charge in [0.15, 0.2) is 6.61 Å². The van der Waals surface area contributed by atoms with Gasteiger partial charge in [0.05, 0.1) is 24.1 Å². The largest absolute Gasteiger partial charge is 0.497 e. The van der Waals surface area contributed by atoms with Crippen molar-refractivity contribution in [1.29, 1.82) is 5.26 Å². The Morgan fingerprint density at radius 2 is 2.26 bits per heavy atom. The highest BCUT2D eigenvalue weighted by molar-refractivity contribution is 9.10. The molecule has 0 radical (unpaired) electrons. The number of amides is 1. The molecule has 1 aromatic carbocycles. The normalized spacial score (nSPS) is 9.58. The van der Waals surface area contributed by atoms with Crippen LogP contribution in [0.5, 0.6) is 11.5 Å². The fourth-order valence-electron chi connectivity index (χ4n) is 1.32. The summed E-state index contributed by atoms with van der Waals surface area (Å²) >= 11 is 3.34. The summed E-state index contributed by atoms with van der Waals surface area (Å²) in [5.74, 6) is 1.11. The summed E-state index contributed by atoms with van der Waals surface area (Å²) in [6.45, 7) is 0.343. The number of nitriles is 1. The van der Waals surface area contributed by atoms with Crippen molar-refractivity contribution < 1.29 is 14.3 Å². The van der Waals surface area contributed by atoms with Gasteiger partial charge in [-0.3, -0.25) is 4.79 Å². The van der Waals surface area contributed by atoms with Gasteiger partial charge in [-0.05, 0) is 34.1 Å². The molecular formula is C13H15BrN2O3. The summed E-state index contributed by atoms with van der Waals surface area (Å²) in [5.41, 5.74) is 0. The number of hydrogen-bond donors (Lipinski definition) is 0. The molecular weight excluding hydrogens is 312 g/mol. The monoisotopic (exact) mass is 326 g/mol. The molecule has 0 saturated carbocycles. The highest BCUT2D eigenvalue weighted by Crippen LogP contribution is 2.29. The zero-order valence-corrected chi connectivity index (χ0v) is 12.4. The van der Waals surface area contributed by atoms with Crippen LogP contribution in [0.2, 0.25) is 0 Å². The highest BCUT2D eigenvalue weighted by Gasteiger charge is 2.10. The lowest BCUT2D eigenvalue weighted by molar-refractivity contribution is -0.132. The van der Waals surface area contributed by atoms with Crippen LogP contribution in [0.1, 0.15) is 6.42 Å². The lowest BCUT2D eigenvalue weighted by atomic mass is 10.3. The average Bonchev–Trinajstić information content (AvgIpc) is 2.42. The second-order valence-electron chi connectivity index (χ2n) is 3.81. The van der Waals surface area contributed by atoms with E-state index in [1.807, 2.05) is 6.07 Å². The van der Waals surface area contributed by atoms with E-state index in [-0.39, 0.29) is 12.5 Å². The van der Waals surface area contributed by atoms with E-state index in [1.165, 1.54) is 4.90 Å². The Morgan fingerprint density at radius 3 is 2.84 bits per heavy atom. The van der Waals surface area contributed by atoms with Crippen molar-refractivity contribution in [3.05, 3.63) is 22.7 Å². The Labute approximate surface area is 120 Å². The minimum absolute atomic E-state index is 0.0626. The van der Waals surface area contributed by atoms with Gasteiger partial charge < -0.3 is 14.4 Å². The summed E-state index contributed by atoms with van der Waals surface area (Å²) in [5, 5.41) is 8.45. The summed E-state index contributed by atoms with van der Waals surface area (Å²) in [4.78, 5) is 13.2. The van der Waals surface area contributed by atoms with Gasteiger partial charge in [0.2, 0.25) is 0 Å². The van der Waals surface area contributed by atoms with Gasteiger partial charge in [0.1, 0.15) is 11.5 Å². The van der Waals surface area contributed by atoms with Crippen LogP contribution in [-0.2, 0) is 4.79 Å². The van der Waals surface area contributed by atoms with Gasteiger partial charge in [-0.1, -0.05) is 0 Å². The third-order valence-electron chi connectivity index (χ3n) is 2.47. The van der Waals surface area contributed by atoms with Gasteiger partial charge >= 0.3 is 0 Å².